The second kappa shape index (κ2) is 4.94. The molecule has 3 rings (SSSR count). The molecule has 114 valence electrons. The highest BCUT2D eigenvalue weighted by molar-refractivity contribution is 5.79. The average molecular weight is 308 g/mol. The van der Waals surface area contributed by atoms with E-state index in [2.05, 4.69) is 4.98 Å². The number of benzene rings is 2. The molecule has 1 aromatic heterocycles. The number of hydrogen-bond acceptors (Lipinski definition) is 2. The molecular formula is C15H11F3N2O2. The van der Waals surface area contributed by atoms with Gasteiger partial charge in [-0.05, 0) is 30.3 Å². The standard InChI is InChI=1S/C15H11F3N2O2/c1-22-13-5-3-2-4-12(13)20-11-7-6-9(15(16,17)18)8-10(11)19-14(20)21/h2-8H,1H3,(H,19,21). The molecule has 0 aliphatic heterocycles. The number of aromatic nitrogens is 2. The Balaban J connectivity index is 2.28. The number of rotatable bonds is 2. The lowest BCUT2D eigenvalue weighted by atomic mass is 10.2. The quantitative estimate of drug-likeness (QED) is 0.789. The van der Waals surface area contributed by atoms with Crippen LogP contribution in [0.15, 0.2) is 47.3 Å². The van der Waals surface area contributed by atoms with Crippen molar-refractivity contribution in [1.29, 1.82) is 0 Å². The maximum Gasteiger partial charge on any atom is 0.416 e. The van der Waals surface area contributed by atoms with Gasteiger partial charge in [0, 0.05) is 0 Å². The zero-order valence-electron chi connectivity index (χ0n) is 11.4. The van der Waals surface area contributed by atoms with Crippen LogP contribution in [-0.2, 0) is 6.18 Å². The number of alkyl halides is 3. The van der Waals surface area contributed by atoms with E-state index in [0.717, 1.165) is 12.1 Å². The number of nitrogens with zero attached hydrogens (tertiary/aromatic N) is 1. The number of halogens is 3. The number of aromatic amines is 1. The van der Waals surface area contributed by atoms with E-state index >= 15 is 0 Å². The van der Waals surface area contributed by atoms with Crippen molar-refractivity contribution in [2.24, 2.45) is 0 Å². The molecule has 7 heteroatoms. The number of H-pyrrole nitrogens is 1. The van der Waals surface area contributed by atoms with Crippen LogP contribution in [0.2, 0.25) is 0 Å². The lowest BCUT2D eigenvalue weighted by Gasteiger charge is -2.10. The second-order valence-corrected chi connectivity index (χ2v) is 4.67. The molecule has 0 radical (unpaired) electrons. The van der Waals surface area contributed by atoms with Crippen molar-refractivity contribution in [3.8, 4) is 11.4 Å². The second-order valence-electron chi connectivity index (χ2n) is 4.67. The maximum atomic E-state index is 12.7. The third kappa shape index (κ3) is 2.24. The summed E-state index contributed by atoms with van der Waals surface area (Å²) in [4.78, 5) is 14.6. The Hall–Kier alpha value is -2.70. The van der Waals surface area contributed by atoms with Gasteiger partial charge in [0.2, 0.25) is 0 Å². The molecule has 0 fully saturated rings. The van der Waals surface area contributed by atoms with Crippen molar-refractivity contribution in [2.45, 2.75) is 6.18 Å². The summed E-state index contributed by atoms with van der Waals surface area (Å²) in [5.41, 5.74) is -0.415. The fraction of sp³-hybridized carbons (Fsp3) is 0.133. The molecule has 0 saturated carbocycles. The first-order valence-corrected chi connectivity index (χ1v) is 6.37. The molecular weight excluding hydrogens is 297 g/mol. The van der Waals surface area contributed by atoms with Crippen LogP contribution < -0.4 is 10.4 Å². The Bertz CT molecular complexity index is 894. The van der Waals surface area contributed by atoms with Gasteiger partial charge in [-0.3, -0.25) is 4.57 Å². The van der Waals surface area contributed by atoms with Crippen LogP contribution in [-0.4, -0.2) is 16.7 Å². The van der Waals surface area contributed by atoms with Gasteiger partial charge in [-0.2, -0.15) is 13.2 Å². The predicted octanol–water partition coefficient (Wildman–Crippen LogP) is 3.35. The summed E-state index contributed by atoms with van der Waals surface area (Å²) in [7, 11) is 1.46. The van der Waals surface area contributed by atoms with E-state index in [9.17, 15) is 18.0 Å². The average Bonchev–Trinajstić information content (AvgIpc) is 2.81. The lowest BCUT2D eigenvalue weighted by Crippen LogP contribution is -2.15. The van der Waals surface area contributed by atoms with Crippen LogP contribution in [0, 0.1) is 0 Å². The number of methoxy groups -OCH3 is 1. The molecule has 1 heterocycles. The van der Waals surface area contributed by atoms with E-state index in [4.69, 9.17) is 4.74 Å². The predicted molar refractivity (Wildman–Crippen MR) is 75.4 cm³/mol. The smallest absolute Gasteiger partial charge is 0.416 e. The van der Waals surface area contributed by atoms with Gasteiger partial charge in [0.1, 0.15) is 5.75 Å². The Morgan fingerprint density at radius 3 is 2.55 bits per heavy atom. The highest BCUT2D eigenvalue weighted by Gasteiger charge is 2.31. The van der Waals surface area contributed by atoms with Crippen LogP contribution in [0.5, 0.6) is 5.75 Å². The highest BCUT2D eigenvalue weighted by Crippen LogP contribution is 2.32. The van der Waals surface area contributed by atoms with E-state index in [0.29, 0.717) is 17.0 Å². The molecule has 22 heavy (non-hydrogen) atoms. The fourth-order valence-electron chi connectivity index (χ4n) is 2.34. The molecule has 0 unspecified atom stereocenters. The SMILES string of the molecule is COc1ccccc1-n1c(=O)[nH]c2cc(C(F)(F)F)ccc21. The number of hydrogen-bond donors (Lipinski definition) is 1. The van der Waals surface area contributed by atoms with E-state index in [-0.39, 0.29) is 5.52 Å². The lowest BCUT2D eigenvalue weighted by molar-refractivity contribution is -0.137. The first-order chi connectivity index (χ1) is 10.4. The molecule has 0 aliphatic carbocycles. The number of imidazole rings is 1. The molecule has 0 amide bonds. The summed E-state index contributed by atoms with van der Waals surface area (Å²) in [6, 6.07) is 9.92. The third-order valence-corrected chi connectivity index (χ3v) is 3.34. The Labute approximate surface area is 122 Å². The molecule has 0 atom stereocenters. The van der Waals surface area contributed by atoms with Crippen LogP contribution in [0.1, 0.15) is 5.56 Å². The Morgan fingerprint density at radius 1 is 1.14 bits per heavy atom. The van der Waals surface area contributed by atoms with Gasteiger partial charge >= 0.3 is 11.9 Å². The molecule has 0 aliphatic rings. The minimum Gasteiger partial charge on any atom is -0.495 e. The summed E-state index contributed by atoms with van der Waals surface area (Å²) in [5, 5.41) is 0. The normalized spacial score (nSPS) is 11.8. The number of ether oxygens (including phenoxy) is 1. The van der Waals surface area contributed by atoms with E-state index in [1.54, 1.807) is 24.3 Å². The van der Waals surface area contributed by atoms with Crippen LogP contribution in [0.3, 0.4) is 0 Å². The first-order valence-electron chi connectivity index (χ1n) is 6.37. The van der Waals surface area contributed by atoms with Crippen LogP contribution in [0.25, 0.3) is 16.7 Å². The summed E-state index contributed by atoms with van der Waals surface area (Å²) in [6.45, 7) is 0. The van der Waals surface area contributed by atoms with Crippen LogP contribution >= 0.6 is 0 Å². The Kier molecular flexibility index (Phi) is 3.20. The van der Waals surface area contributed by atoms with Crippen molar-refractivity contribution in [2.75, 3.05) is 7.11 Å². The maximum absolute atomic E-state index is 12.7. The van der Waals surface area contributed by atoms with Gasteiger partial charge in [0.25, 0.3) is 0 Å². The topological polar surface area (TPSA) is 47.0 Å². The van der Waals surface area contributed by atoms with Gasteiger partial charge in [0.05, 0.1) is 29.4 Å². The largest absolute Gasteiger partial charge is 0.495 e. The van der Waals surface area contributed by atoms with Crippen molar-refractivity contribution < 1.29 is 17.9 Å². The van der Waals surface area contributed by atoms with Crippen molar-refractivity contribution in [1.82, 2.24) is 9.55 Å². The molecule has 4 nitrogen and oxygen atoms in total. The van der Waals surface area contributed by atoms with Gasteiger partial charge in [0.15, 0.2) is 0 Å². The van der Waals surface area contributed by atoms with Gasteiger partial charge < -0.3 is 9.72 Å². The van der Waals surface area contributed by atoms with Gasteiger partial charge in [-0.1, -0.05) is 12.1 Å². The summed E-state index contributed by atoms with van der Waals surface area (Å²) in [5.74, 6) is 0.449. The van der Waals surface area contributed by atoms with Gasteiger partial charge in [-0.25, -0.2) is 4.79 Å². The molecule has 2 aromatic carbocycles. The van der Waals surface area contributed by atoms with Crippen molar-refractivity contribution >= 4 is 11.0 Å². The fourth-order valence-corrected chi connectivity index (χ4v) is 2.34. The molecule has 1 N–H and O–H groups in total. The molecule has 0 bridgehead atoms. The number of para-hydroxylation sites is 2. The highest BCUT2D eigenvalue weighted by atomic mass is 19.4. The number of nitrogens with one attached hydrogen (secondary N) is 1. The van der Waals surface area contributed by atoms with Crippen LogP contribution in [0.4, 0.5) is 13.2 Å². The van der Waals surface area contributed by atoms with E-state index in [1.165, 1.54) is 17.7 Å². The summed E-state index contributed by atoms with van der Waals surface area (Å²) in [6.07, 6.45) is -4.46. The zero-order valence-corrected chi connectivity index (χ0v) is 11.4. The third-order valence-electron chi connectivity index (χ3n) is 3.34. The van der Waals surface area contributed by atoms with Crippen molar-refractivity contribution in [3.63, 3.8) is 0 Å². The summed E-state index contributed by atoms with van der Waals surface area (Å²) >= 11 is 0. The van der Waals surface area contributed by atoms with E-state index in [1.807, 2.05) is 0 Å². The zero-order chi connectivity index (χ0) is 15.9. The molecule has 3 aromatic rings. The minimum absolute atomic E-state index is 0.116. The molecule has 0 spiro atoms. The Morgan fingerprint density at radius 2 is 1.86 bits per heavy atom. The molecule has 0 saturated heterocycles. The van der Waals surface area contributed by atoms with Gasteiger partial charge in [-0.15, -0.1) is 0 Å². The van der Waals surface area contributed by atoms with E-state index < -0.39 is 17.4 Å². The number of fused-ring (bicyclic) bond motifs is 1. The summed E-state index contributed by atoms with van der Waals surface area (Å²) < 4.78 is 44.7. The monoisotopic (exact) mass is 308 g/mol. The van der Waals surface area contributed by atoms with Crippen molar-refractivity contribution in [3.05, 3.63) is 58.5 Å². The minimum atomic E-state index is -4.46. The first kappa shape index (κ1) is 14.2.